The first kappa shape index (κ1) is 16.5. The van der Waals surface area contributed by atoms with Crippen LogP contribution in [0.4, 0.5) is 17.2 Å². The largest absolute Gasteiger partial charge is 0.355 e. The van der Waals surface area contributed by atoms with Gasteiger partial charge in [0.1, 0.15) is 5.82 Å². The fourth-order valence-electron chi connectivity index (χ4n) is 2.21. The summed E-state index contributed by atoms with van der Waals surface area (Å²) in [5.74, 6) is 0.519. The number of aromatic nitrogens is 1. The van der Waals surface area contributed by atoms with Gasteiger partial charge in [-0.1, -0.05) is 35.3 Å². The van der Waals surface area contributed by atoms with Crippen molar-refractivity contribution in [3.8, 4) is 0 Å². The van der Waals surface area contributed by atoms with Crippen LogP contribution in [0.5, 0.6) is 0 Å². The zero-order valence-corrected chi connectivity index (χ0v) is 14.6. The monoisotopic (exact) mass is 361 g/mol. The van der Waals surface area contributed by atoms with Crippen molar-refractivity contribution in [2.45, 2.75) is 33.6 Å². The van der Waals surface area contributed by atoms with Crippen molar-refractivity contribution in [3.05, 3.63) is 46.1 Å². The topological polar surface area (TPSA) is 54.0 Å². The number of rotatable bonds is 5. The van der Waals surface area contributed by atoms with Gasteiger partial charge in [-0.05, 0) is 37.1 Å². The highest BCUT2D eigenvalue weighted by Gasteiger charge is 2.11. The van der Waals surface area contributed by atoms with E-state index in [2.05, 4.69) is 51.5 Å². The lowest BCUT2D eigenvalue weighted by Crippen LogP contribution is -2.11. The lowest BCUT2D eigenvalue weighted by atomic mass is 10.1. The first-order chi connectivity index (χ1) is 10.5. The van der Waals surface area contributed by atoms with E-state index in [0.29, 0.717) is 5.82 Å². The number of nitrogens with one attached hydrogen (secondary N) is 2. The highest BCUT2D eigenvalue weighted by atomic mass is 79.9. The zero-order valence-electron chi connectivity index (χ0n) is 13.0. The summed E-state index contributed by atoms with van der Waals surface area (Å²) in [5, 5.41) is 6.22. The summed E-state index contributed by atoms with van der Waals surface area (Å²) in [7, 11) is 0. The molecule has 2 N–H and O–H groups in total. The maximum Gasteiger partial charge on any atom is 0.222 e. The van der Waals surface area contributed by atoms with Crippen molar-refractivity contribution < 1.29 is 4.79 Å². The molecule has 0 bridgehead atoms. The Morgan fingerprint density at radius 3 is 2.73 bits per heavy atom. The minimum atomic E-state index is -0.111. The molecule has 1 aromatic carbocycles. The van der Waals surface area contributed by atoms with Gasteiger partial charge in [0.2, 0.25) is 5.91 Å². The Labute approximate surface area is 139 Å². The number of halogens is 1. The zero-order chi connectivity index (χ0) is 16.1. The van der Waals surface area contributed by atoms with Crippen LogP contribution in [0.1, 0.15) is 31.4 Å². The van der Waals surface area contributed by atoms with Crippen molar-refractivity contribution >= 4 is 39.0 Å². The summed E-state index contributed by atoms with van der Waals surface area (Å²) in [6.07, 6.45) is 3.53. The van der Waals surface area contributed by atoms with Gasteiger partial charge in [-0.15, -0.1) is 0 Å². The number of pyridine rings is 1. The molecule has 0 fully saturated rings. The summed E-state index contributed by atoms with van der Waals surface area (Å²) in [4.78, 5) is 15.6. The lowest BCUT2D eigenvalue weighted by molar-refractivity contribution is -0.114. The van der Waals surface area contributed by atoms with E-state index in [1.165, 1.54) is 12.5 Å². The van der Waals surface area contributed by atoms with E-state index in [4.69, 9.17) is 0 Å². The van der Waals surface area contributed by atoms with Gasteiger partial charge in [-0.2, -0.15) is 0 Å². The number of anilines is 3. The van der Waals surface area contributed by atoms with E-state index in [9.17, 15) is 4.79 Å². The lowest BCUT2D eigenvalue weighted by Gasteiger charge is -2.15. The van der Waals surface area contributed by atoms with Crippen LogP contribution in [0.2, 0.25) is 0 Å². The molecule has 0 aliphatic rings. The molecule has 0 spiro atoms. The van der Waals surface area contributed by atoms with Crippen LogP contribution in [0.3, 0.4) is 0 Å². The molecule has 2 rings (SSSR count). The van der Waals surface area contributed by atoms with E-state index < -0.39 is 0 Å². The van der Waals surface area contributed by atoms with Crippen LogP contribution in [0.15, 0.2) is 34.9 Å². The third kappa shape index (κ3) is 4.07. The van der Waals surface area contributed by atoms with Gasteiger partial charge >= 0.3 is 0 Å². The van der Waals surface area contributed by atoms with Gasteiger partial charge in [0.05, 0.1) is 0 Å². The molecule has 1 amide bonds. The number of nitrogens with zero attached hydrogens (tertiary/aromatic N) is 1. The van der Waals surface area contributed by atoms with E-state index in [0.717, 1.165) is 34.3 Å². The summed E-state index contributed by atoms with van der Waals surface area (Å²) in [6, 6.07) is 8.07. The van der Waals surface area contributed by atoms with Gasteiger partial charge in [0.15, 0.2) is 0 Å². The SMILES string of the molecule is CCCc1c(Nc2ccc(C)c(Br)c2)ccnc1NC(C)=O. The van der Waals surface area contributed by atoms with E-state index in [1.54, 1.807) is 6.20 Å². The predicted molar refractivity (Wildman–Crippen MR) is 94.7 cm³/mol. The van der Waals surface area contributed by atoms with E-state index >= 15 is 0 Å². The summed E-state index contributed by atoms with van der Waals surface area (Å²) in [6.45, 7) is 5.66. The quantitative estimate of drug-likeness (QED) is 0.803. The van der Waals surface area contributed by atoms with E-state index in [-0.39, 0.29) is 5.91 Å². The Morgan fingerprint density at radius 2 is 2.09 bits per heavy atom. The average molecular weight is 362 g/mol. The standard InChI is InChI=1S/C17H20BrN3O/c1-4-5-14-16(8-9-19-17(14)20-12(3)22)21-13-7-6-11(2)15(18)10-13/h6-10H,4-5H2,1-3H3,(H2,19,20,21,22). The maximum atomic E-state index is 11.3. The van der Waals surface area contributed by atoms with Gasteiger partial charge in [-0.3, -0.25) is 4.79 Å². The number of aryl methyl sites for hydroxylation is 1. The first-order valence-electron chi connectivity index (χ1n) is 7.30. The molecule has 5 heteroatoms. The fraction of sp³-hybridized carbons (Fsp3) is 0.294. The molecule has 1 heterocycles. The van der Waals surface area contributed by atoms with Gasteiger partial charge in [-0.25, -0.2) is 4.98 Å². The summed E-state index contributed by atoms with van der Waals surface area (Å²) in [5.41, 5.74) is 4.18. The first-order valence-corrected chi connectivity index (χ1v) is 8.09. The highest BCUT2D eigenvalue weighted by molar-refractivity contribution is 9.10. The maximum absolute atomic E-state index is 11.3. The normalized spacial score (nSPS) is 10.4. The van der Waals surface area contributed by atoms with Crippen molar-refractivity contribution in [1.29, 1.82) is 0 Å². The second-order valence-electron chi connectivity index (χ2n) is 5.21. The second-order valence-corrected chi connectivity index (χ2v) is 6.06. The number of hydrogen-bond acceptors (Lipinski definition) is 3. The summed E-state index contributed by atoms with van der Waals surface area (Å²) < 4.78 is 1.06. The second kappa shape index (κ2) is 7.40. The molecule has 22 heavy (non-hydrogen) atoms. The van der Waals surface area contributed by atoms with Crippen LogP contribution >= 0.6 is 15.9 Å². The minimum absolute atomic E-state index is 0.111. The number of hydrogen-bond donors (Lipinski definition) is 2. The van der Waals surface area contributed by atoms with Crippen LogP contribution in [-0.2, 0) is 11.2 Å². The Morgan fingerprint density at radius 1 is 1.32 bits per heavy atom. The van der Waals surface area contributed by atoms with Crippen molar-refractivity contribution in [1.82, 2.24) is 4.98 Å². The molecule has 0 aliphatic carbocycles. The third-order valence-corrected chi connectivity index (χ3v) is 4.16. The summed E-state index contributed by atoms with van der Waals surface area (Å²) >= 11 is 3.55. The molecule has 2 aromatic rings. The minimum Gasteiger partial charge on any atom is -0.355 e. The van der Waals surface area contributed by atoms with Crippen molar-refractivity contribution in [2.75, 3.05) is 10.6 Å². The van der Waals surface area contributed by atoms with Gasteiger partial charge < -0.3 is 10.6 Å². The predicted octanol–water partition coefficient (Wildman–Crippen LogP) is 4.81. The number of amides is 1. The molecule has 0 radical (unpaired) electrons. The van der Waals surface area contributed by atoms with Gasteiger partial charge in [0.25, 0.3) is 0 Å². The Bertz CT molecular complexity index is 686. The molecule has 1 aromatic heterocycles. The fourth-order valence-corrected chi connectivity index (χ4v) is 2.59. The van der Waals surface area contributed by atoms with Crippen LogP contribution in [-0.4, -0.2) is 10.9 Å². The molecular weight excluding hydrogens is 342 g/mol. The van der Waals surface area contributed by atoms with Gasteiger partial charge in [0, 0.05) is 34.5 Å². The Kier molecular flexibility index (Phi) is 5.55. The molecule has 0 saturated carbocycles. The average Bonchev–Trinajstić information content (AvgIpc) is 2.46. The van der Waals surface area contributed by atoms with Crippen molar-refractivity contribution in [3.63, 3.8) is 0 Å². The van der Waals surface area contributed by atoms with E-state index in [1.807, 2.05) is 18.2 Å². The molecular formula is C17H20BrN3O. The number of benzene rings is 1. The van der Waals surface area contributed by atoms with Crippen molar-refractivity contribution in [2.24, 2.45) is 0 Å². The highest BCUT2D eigenvalue weighted by Crippen LogP contribution is 2.29. The Balaban J connectivity index is 2.36. The number of carbonyl (C=O) groups is 1. The molecule has 0 unspecified atom stereocenters. The molecule has 0 aliphatic heterocycles. The molecule has 0 saturated heterocycles. The Hall–Kier alpha value is -1.88. The van der Waals surface area contributed by atoms with Crippen LogP contribution in [0.25, 0.3) is 0 Å². The van der Waals surface area contributed by atoms with Crippen LogP contribution < -0.4 is 10.6 Å². The van der Waals surface area contributed by atoms with Crippen LogP contribution in [0, 0.1) is 6.92 Å². The molecule has 116 valence electrons. The smallest absolute Gasteiger partial charge is 0.222 e. The third-order valence-electron chi connectivity index (χ3n) is 3.30. The molecule has 0 atom stereocenters. The molecule has 4 nitrogen and oxygen atoms in total. The number of carbonyl (C=O) groups excluding carboxylic acids is 1.